The first-order valence-corrected chi connectivity index (χ1v) is 11.1. The van der Waals surface area contributed by atoms with E-state index in [1.54, 1.807) is 6.07 Å². The predicted octanol–water partition coefficient (Wildman–Crippen LogP) is 2.64. The zero-order chi connectivity index (χ0) is 22.2. The van der Waals surface area contributed by atoms with E-state index in [-0.39, 0.29) is 24.2 Å². The lowest BCUT2D eigenvalue weighted by molar-refractivity contribution is 0.0948. The number of carbonyl (C=O) groups excluding carboxylic acids is 1. The number of anilines is 1. The maximum absolute atomic E-state index is 14.8. The smallest absolute Gasteiger partial charge is 0.271 e. The van der Waals surface area contributed by atoms with Gasteiger partial charge in [-0.25, -0.2) is 8.78 Å². The average Bonchev–Trinajstić information content (AvgIpc) is 3.36. The number of hydrogen-bond acceptors (Lipinski definition) is 5. The molecule has 2 aromatic heterocycles. The Hall–Kier alpha value is -3.07. The molecule has 2 N–H and O–H groups in total. The molecule has 1 aromatic carbocycles. The Balaban J connectivity index is 1.22. The van der Waals surface area contributed by atoms with Crippen molar-refractivity contribution in [1.82, 2.24) is 25.4 Å². The number of hydrogen-bond donors (Lipinski definition) is 2. The third-order valence-electron chi connectivity index (χ3n) is 6.44. The van der Waals surface area contributed by atoms with Gasteiger partial charge in [-0.3, -0.25) is 4.79 Å². The lowest BCUT2D eigenvalue weighted by Gasteiger charge is -2.34. The number of rotatable bonds is 6. The number of piperazine rings is 1. The molecule has 2 aliphatic heterocycles. The van der Waals surface area contributed by atoms with Gasteiger partial charge in [0.15, 0.2) is 11.3 Å². The van der Waals surface area contributed by atoms with E-state index in [2.05, 4.69) is 20.8 Å². The summed E-state index contributed by atoms with van der Waals surface area (Å²) in [4.78, 5) is 14.4. The summed E-state index contributed by atoms with van der Waals surface area (Å²) >= 11 is 0. The van der Waals surface area contributed by atoms with Crippen LogP contribution in [0.1, 0.15) is 35.8 Å². The first-order chi connectivity index (χ1) is 15.5. The van der Waals surface area contributed by atoms with Gasteiger partial charge in [-0.2, -0.15) is 0 Å². The van der Waals surface area contributed by atoms with Crippen LogP contribution in [0.5, 0.6) is 0 Å². The van der Waals surface area contributed by atoms with E-state index in [0.29, 0.717) is 30.9 Å². The summed E-state index contributed by atoms with van der Waals surface area (Å²) in [5, 5.41) is 15.2. The molecular formula is C23H26F2N6O. The molecule has 2 unspecified atom stereocenters. The van der Waals surface area contributed by atoms with Gasteiger partial charge in [-0.05, 0) is 49.9 Å². The molecule has 4 heterocycles. The van der Waals surface area contributed by atoms with Gasteiger partial charge in [0.05, 0.1) is 5.69 Å². The third kappa shape index (κ3) is 3.92. The minimum atomic E-state index is -0.455. The minimum absolute atomic E-state index is 0.169. The molecule has 9 heteroatoms. The maximum atomic E-state index is 14.8. The number of benzene rings is 1. The van der Waals surface area contributed by atoms with Gasteiger partial charge < -0.3 is 20.1 Å². The van der Waals surface area contributed by atoms with Crippen molar-refractivity contribution in [2.45, 2.75) is 44.8 Å². The molecule has 1 amide bonds. The first kappa shape index (κ1) is 20.8. The van der Waals surface area contributed by atoms with Crippen molar-refractivity contribution in [2.75, 3.05) is 24.5 Å². The van der Waals surface area contributed by atoms with Crippen molar-refractivity contribution < 1.29 is 13.6 Å². The van der Waals surface area contributed by atoms with Gasteiger partial charge in [0.25, 0.3) is 5.91 Å². The van der Waals surface area contributed by atoms with Crippen LogP contribution in [0.25, 0.3) is 11.0 Å². The molecule has 2 aliphatic rings. The molecule has 0 saturated carbocycles. The highest BCUT2D eigenvalue weighted by molar-refractivity contribution is 5.95. The molecule has 0 aliphatic carbocycles. The minimum Gasteiger partial charge on any atom is -0.366 e. The number of nitrogens with one attached hydrogen (secondary N) is 2. The molecule has 0 radical (unpaired) electrons. The summed E-state index contributed by atoms with van der Waals surface area (Å²) in [6.45, 7) is 4.32. The second kappa shape index (κ2) is 8.46. The average molecular weight is 440 g/mol. The van der Waals surface area contributed by atoms with E-state index in [1.165, 1.54) is 12.1 Å². The summed E-state index contributed by atoms with van der Waals surface area (Å²) in [6.07, 6.45) is 4.23. The Kier molecular flexibility index (Phi) is 5.50. The van der Waals surface area contributed by atoms with Crippen molar-refractivity contribution in [3.8, 4) is 0 Å². The summed E-state index contributed by atoms with van der Waals surface area (Å²) in [6, 6.07) is 6.78. The van der Waals surface area contributed by atoms with Gasteiger partial charge in [0.1, 0.15) is 11.6 Å². The van der Waals surface area contributed by atoms with Crippen LogP contribution >= 0.6 is 0 Å². The molecule has 0 spiro atoms. The van der Waals surface area contributed by atoms with E-state index in [0.717, 1.165) is 30.4 Å². The molecule has 2 saturated heterocycles. The zero-order valence-corrected chi connectivity index (χ0v) is 17.9. The van der Waals surface area contributed by atoms with Gasteiger partial charge in [0.2, 0.25) is 0 Å². The topological polar surface area (TPSA) is 75.1 Å². The van der Waals surface area contributed by atoms with Crippen molar-refractivity contribution in [3.05, 3.63) is 53.4 Å². The summed E-state index contributed by atoms with van der Waals surface area (Å²) < 4.78 is 31.4. The van der Waals surface area contributed by atoms with Gasteiger partial charge in [-0.1, -0.05) is 0 Å². The summed E-state index contributed by atoms with van der Waals surface area (Å²) in [5.41, 5.74) is 1.48. The maximum Gasteiger partial charge on any atom is 0.271 e. The Morgan fingerprint density at radius 1 is 1.16 bits per heavy atom. The van der Waals surface area contributed by atoms with Crippen molar-refractivity contribution in [2.24, 2.45) is 0 Å². The fourth-order valence-electron chi connectivity index (χ4n) is 4.76. The molecule has 3 aromatic rings. The van der Waals surface area contributed by atoms with Crippen LogP contribution in [0.3, 0.4) is 0 Å². The fraction of sp³-hybridized carbons (Fsp3) is 0.435. The van der Waals surface area contributed by atoms with Crippen LogP contribution in [0.2, 0.25) is 0 Å². The molecule has 2 bridgehead atoms. The fourth-order valence-corrected chi connectivity index (χ4v) is 4.76. The highest BCUT2D eigenvalue weighted by atomic mass is 19.1. The number of nitrogens with zero attached hydrogens (tertiary/aromatic N) is 4. The molecule has 2 fully saturated rings. The Morgan fingerprint density at radius 3 is 2.69 bits per heavy atom. The molecule has 5 rings (SSSR count). The Labute approximate surface area is 184 Å². The molecular weight excluding hydrogens is 414 g/mol. The lowest BCUT2D eigenvalue weighted by atomic mass is 10.1. The number of halogens is 2. The van der Waals surface area contributed by atoms with E-state index in [9.17, 15) is 13.6 Å². The normalized spacial score (nSPS) is 20.2. The SMILES string of the molecule is CCn1ccc2cc(C(=O)NCCc3cc(F)c(N4CC5CCC(C4)N5)cc3F)nnc21. The Bertz CT molecular complexity index is 1150. The van der Waals surface area contributed by atoms with Crippen LogP contribution in [0, 0.1) is 11.6 Å². The van der Waals surface area contributed by atoms with Crippen LogP contribution in [0.4, 0.5) is 14.5 Å². The molecule has 7 nitrogen and oxygen atoms in total. The number of fused-ring (bicyclic) bond motifs is 3. The standard InChI is InChI=1S/C23H26F2N6O/c1-2-30-8-6-15-10-20(28-29-22(15)30)23(32)26-7-5-14-9-19(25)21(11-18(14)24)31-12-16-3-4-17(13-31)27-16/h6,8-11,16-17,27H,2-5,7,12-13H2,1H3,(H,26,32). The first-order valence-electron chi connectivity index (χ1n) is 11.1. The van der Waals surface area contributed by atoms with E-state index < -0.39 is 17.5 Å². The van der Waals surface area contributed by atoms with Crippen LogP contribution in [-0.4, -0.2) is 52.4 Å². The van der Waals surface area contributed by atoms with Crippen LogP contribution < -0.4 is 15.5 Å². The lowest BCUT2D eigenvalue weighted by Crippen LogP contribution is -2.51. The Morgan fingerprint density at radius 2 is 1.94 bits per heavy atom. The van der Waals surface area contributed by atoms with E-state index in [1.807, 2.05) is 28.7 Å². The highest BCUT2D eigenvalue weighted by Gasteiger charge is 2.33. The third-order valence-corrected chi connectivity index (χ3v) is 6.44. The highest BCUT2D eigenvalue weighted by Crippen LogP contribution is 2.29. The second-order valence-corrected chi connectivity index (χ2v) is 8.55. The van der Waals surface area contributed by atoms with Crippen molar-refractivity contribution in [3.63, 3.8) is 0 Å². The summed E-state index contributed by atoms with van der Waals surface area (Å²) in [7, 11) is 0. The van der Waals surface area contributed by atoms with Gasteiger partial charge >= 0.3 is 0 Å². The second-order valence-electron chi connectivity index (χ2n) is 8.55. The zero-order valence-electron chi connectivity index (χ0n) is 17.9. The number of aryl methyl sites for hydroxylation is 1. The van der Waals surface area contributed by atoms with E-state index >= 15 is 0 Å². The summed E-state index contributed by atoms with van der Waals surface area (Å²) in [5.74, 6) is -1.27. The van der Waals surface area contributed by atoms with Gasteiger partial charge in [0, 0.05) is 55.9 Å². The predicted molar refractivity (Wildman–Crippen MR) is 118 cm³/mol. The quantitative estimate of drug-likeness (QED) is 0.617. The number of amides is 1. The largest absolute Gasteiger partial charge is 0.366 e. The molecule has 32 heavy (non-hydrogen) atoms. The molecule has 2 atom stereocenters. The van der Waals surface area contributed by atoms with Crippen molar-refractivity contribution in [1.29, 1.82) is 0 Å². The monoisotopic (exact) mass is 440 g/mol. The van der Waals surface area contributed by atoms with Gasteiger partial charge in [-0.15, -0.1) is 10.2 Å². The van der Waals surface area contributed by atoms with Crippen LogP contribution in [-0.2, 0) is 13.0 Å². The number of carbonyl (C=O) groups is 1. The molecule has 168 valence electrons. The van der Waals surface area contributed by atoms with Crippen molar-refractivity contribution >= 4 is 22.6 Å². The van der Waals surface area contributed by atoms with E-state index in [4.69, 9.17) is 0 Å². The number of aromatic nitrogens is 3. The van der Waals surface area contributed by atoms with Crippen LogP contribution in [0.15, 0.2) is 30.5 Å².